The van der Waals surface area contributed by atoms with E-state index in [1.165, 1.54) is 5.56 Å². The molecule has 3 rings (SSSR count). The lowest BCUT2D eigenvalue weighted by molar-refractivity contribution is 0.488. The Labute approximate surface area is 125 Å². The molecule has 110 valence electrons. The summed E-state index contributed by atoms with van der Waals surface area (Å²) in [6.45, 7) is 2.07. The Morgan fingerprint density at radius 2 is 1.52 bits per heavy atom. The topological polar surface area (TPSA) is 60.2 Å². The summed E-state index contributed by atoms with van der Waals surface area (Å²) in [5, 5.41) is -0.565. The van der Waals surface area contributed by atoms with Crippen molar-refractivity contribution in [1.82, 2.24) is 0 Å². The van der Waals surface area contributed by atoms with Gasteiger partial charge in [-0.25, -0.2) is 8.42 Å². The smallest absolute Gasteiger partial charge is 0.183 e. The standard InChI is InChI=1S/C17H19NO2S/c1-12-11-16(17(18)15-10-6-5-9-14(12)15)21(19,20)13-7-3-2-4-8-13/h2-10,12,16-17H,11,18H2,1H3. The van der Waals surface area contributed by atoms with Gasteiger partial charge in [-0.3, -0.25) is 0 Å². The summed E-state index contributed by atoms with van der Waals surface area (Å²) in [6.07, 6.45) is 0.565. The maximum absolute atomic E-state index is 12.9. The summed E-state index contributed by atoms with van der Waals surface area (Å²) in [4.78, 5) is 0.358. The van der Waals surface area contributed by atoms with Crippen molar-refractivity contribution in [2.45, 2.75) is 35.4 Å². The third-order valence-electron chi connectivity index (χ3n) is 4.34. The monoisotopic (exact) mass is 301 g/mol. The molecule has 0 heterocycles. The number of fused-ring (bicyclic) bond motifs is 1. The number of benzene rings is 2. The van der Waals surface area contributed by atoms with Crippen LogP contribution in [0.2, 0.25) is 0 Å². The molecule has 0 amide bonds. The SMILES string of the molecule is CC1CC(S(=O)(=O)c2ccccc2)C(N)c2ccccc21. The predicted octanol–water partition coefficient (Wildman–Crippen LogP) is 3.04. The van der Waals surface area contributed by atoms with Crippen LogP contribution in [-0.2, 0) is 9.84 Å². The van der Waals surface area contributed by atoms with Gasteiger partial charge in [0.1, 0.15) is 0 Å². The molecule has 1 aliphatic rings. The molecule has 0 fully saturated rings. The highest BCUT2D eigenvalue weighted by molar-refractivity contribution is 7.92. The Bertz CT molecular complexity index is 740. The molecule has 0 saturated carbocycles. The van der Waals surface area contributed by atoms with E-state index in [-0.39, 0.29) is 5.92 Å². The van der Waals surface area contributed by atoms with Gasteiger partial charge < -0.3 is 5.73 Å². The van der Waals surface area contributed by atoms with Gasteiger partial charge in [-0.1, -0.05) is 49.4 Å². The van der Waals surface area contributed by atoms with Crippen LogP contribution in [0.3, 0.4) is 0 Å². The quantitative estimate of drug-likeness (QED) is 0.927. The second-order valence-corrected chi connectivity index (χ2v) is 7.85. The third-order valence-corrected chi connectivity index (χ3v) is 6.55. The molecule has 0 aromatic heterocycles. The lowest BCUT2D eigenvalue weighted by atomic mass is 9.81. The van der Waals surface area contributed by atoms with Crippen LogP contribution in [-0.4, -0.2) is 13.7 Å². The number of sulfone groups is 1. The van der Waals surface area contributed by atoms with Gasteiger partial charge >= 0.3 is 0 Å². The van der Waals surface area contributed by atoms with Crippen molar-refractivity contribution in [3.63, 3.8) is 0 Å². The van der Waals surface area contributed by atoms with Crippen LogP contribution in [0.5, 0.6) is 0 Å². The highest BCUT2D eigenvalue weighted by atomic mass is 32.2. The molecular formula is C17H19NO2S. The van der Waals surface area contributed by atoms with Gasteiger partial charge in [0.2, 0.25) is 0 Å². The summed E-state index contributed by atoms with van der Waals surface area (Å²) in [5.41, 5.74) is 8.43. The minimum atomic E-state index is -3.41. The fraction of sp³-hybridized carbons (Fsp3) is 0.294. The second kappa shape index (κ2) is 5.28. The van der Waals surface area contributed by atoms with Gasteiger partial charge in [0, 0.05) is 6.04 Å². The fourth-order valence-corrected chi connectivity index (χ4v) is 5.15. The molecule has 0 aliphatic heterocycles. The van der Waals surface area contributed by atoms with E-state index < -0.39 is 21.1 Å². The van der Waals surface area contributed by atoms with Crippen molar-refractivity contribution in [1.29, 1.82) is 0 Å². The second-order valence-electron chi connectivity index (χ2n) is 5.69. The van der Waals surface area contributed by atoms with E-state index in [0.29, 0.717) is 11.3 Å². The number of nitrogens with two attached hydrogens (primary N) is 1. The van der Waals surface area contributed by atoms with Gasteiger partial charge in [-0.05, 0) is 35.6 Å². The third kappa shape index (κ3) is 2.39. The minimum Gasteiger partial charge on any atom is -0.323 e. The first kappa shape index (κ1) is 14.3. The van der Waals surface area contributed by atoms with Gasteiger partial charge in [-0.2, -0.15) is 0 Å². The number of rotatable bonds is 2. The van der Waals surface area contributed by atoms with E-state index in [1.54, 1.807) is 24.3 Å². The Morgan fingerprint density at radius 1 is 0.952 bits per heavy atom. The van der Waals surface area contributed by atoms with Crippen LogP contribution in [0.25, 0.3) is 0 Å². The molecule has 21 heavy (non-hydrogen) atoms. The molecule has 2 N–H and O–H groups in total. The number of hydrogen-bond donors (Lipinski definition) is 1. The van der Waals surface area contributed by atoms with Crippen LogP contribution < -0.4 is 5.73 Å². The maximum atomic E-state index is 12.9. The van der Waals surface area contributed by atoms with Gasteiger partial charge in [-0.15, -0.1) is 0 Å². The lowest BCUT2D eigenvalue weighted by Crippen LogP contribution is -2.38. The average molecular weight is 301 g/mol. The van der Waals surface area contributed by atoms with Crippen molar-refractivity contribution >= 4 is 9.84 Å². The normalized spacial score (nSPS) is 25.3. The molecule has 2 aromatic rings. The van der Waals surface area contributed by atoms with Crippen LogP contribution >= 0.6 is 0 Å². The molecular weight excluding hydrogens is 282 g/mol. The molecule has 3 nitrogen and oxygen atoms in total. The Kier molecular flexibility index (Phi) is 3.59. The zero-order valence-electron chi connectivity index (χ0n) is 11.9. The van der Waals surface area contributed by atoms with Crippen LogP contribution in [0, 0.1) is 0 Å². The highest BCUT2D eigenvalue weighted by Crippen LogP contribution is 2.40. The van der Waals surface area contributed by atoms with Gasteiger partial charge in [0.25, 0.3) is 0 Å². The van der Waals surface area contributed by atoms with Crippen molar-refractivity contribution in [3.05, 3.63) is 65.7 Å². The first-order chi connectivity index (χ1) is 10.0. The summed E-state index contributed by atoms with van der Waals surface area (Å²) < 4.78 is 25.7. The van der Waals surface area contributed by atoms with E-state index in [1.807, 2.05) is 30.3 Å². The molecule has 0 spiro atoms. The van der Waals surface area contributed by atoms with E-state index in [2.05, 4.69) is 6.92 Å². The van der Waals surface area contributed by atoms with Gasteiger partial charge in [0.15, 0.2) is 9.84 Å². The van der Waals surface area contributed by atoms with E-state index in [9.17, 15) is 8.42 Å². The molecule has 4 heteroatoms. The van der Waals surface area contributed by atoms with Crippen molar-refractivity contribution in [2.75, 3.05) is 0 Å². The summed E-state index contributed by atoms with van der Waals surface area (Å²) in [6, 6.07) is 16.0. The van der Waals surface area contributed by atoms with E-state index in [4.69, 9.17) is 5.73 Å². The Hall–Kier alpha value is -1.65. The van der Waals surface area contributed by atoms with E-state index in [0.717, 1.165) is 5.56 Å². The van der Waals surface area contributed by atoms with Crippen LogP contribution in [0.4, 0.5) is 0 Å². The first-order valence-corrected chi connectivity index (χ1v) is 8.70. The number of hydrogen-bond acceptors (Lipinski definition) is 3. The molecule has 2 aromatic carbocycles. The fourth-order valence-electron chi connectivity index (χ4n) is 3.19. The van der Waals surface area contributed by atoms with E-state index >= 15 is 0 Å². The molecule has 0 radical (unpaired) electrons. The highest BCUT2D eigenvalue weighted by Gasteiger charge is 2.39. The van der Waals surface area contributed by atoms with Crippen molar-refractivity contribution in [3.8, 4) is 0 Å². The summed E-state index contributed by atoms with van der Waals surface area (Å²) in [7, 11) is -3.41. The van der Waals surface area contributed by atoms with Crippen molar-refractivity contribution in [2.24, 2.45) is 5.73 Å². The minimum absolute atomic E-state index is 0.199. The van der Waals surface area contributed by atoms with Crippen LogP contribution in [0.1, 0.15) is 36.4 Å². The molecule has 3 atom stereocenters. The largest absolute Gasteiger partial charge is 0.323 e. The summed E-state index contributed by atoms with van der Waals surface area (Å²) in [5.74, 6) is 0.199. The first-order valence-electron chi connectivity index (χ1n) is 7.15. The Morgan fingerprint density at radius 3 is 2.19 bits per heavy atom. The zero-order chi connectivity index (χ0) is 15.0. The van der Waals surface area contributed by atoms with Crippen molar-refractivity contribution < 1.29 is 8.42 Å². The zero-order valence-corrected chi connectivity index (χ0v) is 12.8. The molecule has 3 unspecified atom stereocenters. The van der Waals surface area contributed by atoms with Gasteiger partial charge in [0.05, 0.1) is 10.1 Å². The Balaban J connectivity index is 2.06. The molecule has 0 saturated heterocycles. The predicted molar refractivity (Wildman–Crippen MR) is 83.8 cm³/mol. The molecule has 0 bridgehead atoms. The lowest BCUT2D eigenvalue weighted by Gasteiger charge is -2.34. The molecule has 1 aliphatic carbocycles. The van der Waals surface area contributed by atoms with Crippen LogP contribution in [0.15, 0.2) is 59.5 Å². The average Bonchev–Trinajstić information content (AvgIpc) is 2.51. The maximum Gasteiger partial charge on any atom is 0.183 e. The summed E-state index contributed by atoms with van der Waals surface area (Å²) >= 11 is 0.